The van der Waals surface area contributed by atoms with E-state index < -0.39 is 0 Å². The van der Waals surface area contributed by atoms with E-state index in [2.05, 4.69) is 21.9 Å². The molecule has 0 aliphatic carbocycles. The first-order valence-corrected chi connectivity index (χ1v) is 4.49. The van der Waals surface area contributed by atoms with Crippen molar-refractivity contribution in [2.45, 2.75) is 0 Å². The third-order valence-electron chi connectivity index (χ3n) is 1.60. The normalized spacial score (nSPS) is 8.40. The molecule has 4 nitrogen and oxygen atoms in total. The molecule has 76 valence electrons. The number of methoxy groups -OCH3 is 1. The van der Waals surface area contributed by atoms with Crippen LogP contribution in [-0.2, 0) is 0 Å². The van der Waals surface area contributed by atoms with Crippen LogP contribution < -0.4 is 4.74 Å². The van der Waals surface area contributed by atoms with Crippen LogP contribution >= 0.6 is 11.6 Å². The molecule has 0 amide bonds. The largest absolute Gasteiger partial charge is 0.495 e. The summed E-state index contributed by atoms with van der Waals surface area (Å²) in [5.74, 6) is 6.11. The van der Waals surface area contributed by atoms with Crippen LogP contribution in [-0.4, -0.2) is 13.7 Å². The van der Waals surface area contributed by atoms with Crippen LogP contribution in [0, 0.1) is 11.8 Å². The van der Waals surface area contributed by atoms with Crippen LogP contribution in [0.4, 0.5) is 0 Å². The first-order valence-electron chi connectivity index (χ1n) is 4.11. The van der Waals surface area contributed by atoms with Crippen molar-refractivity contribution in [3.8, 4) is 17.6 Å². The SMILES string of the molecule is COc1cc(C#CCN=[N+]=[N-])ccc1Cl. The predicted octanol–water partition coefficient (Wildman–Crippen LogP) is 3.01. The smallest absolute Gasteiger partial charge is 0.138 e. The zero-order chi connectivity index (χ0) is 11.1. The molecule has 1 aromatic rings. The van der Waals surface area contributed by atoms with Gasteiger partial charge in [0.1, 0.15) is 5.75 Å². The Morgan fingerprint density at radius 2 is 2.40 bits per heavy atom. The van der Waals surface area contributed by atoms with E-state index in [-0.39, 0.29) is 6.54 Å². The Bertz CT molecular complexity index is 455. The number of azide groups is 1. The zero-order valence-corrected chi connectivity index (χ0v) is 8.82. The molecule has 0 radical (unpaired) electrons. The molecule has 0 fully saturated rings. The Morgan fingerprint density at radius 1 is 1.60 bits per heavy atom. The van der Waals surface area contributed by atoms with Crippen molar-refractivity contribution >= 4 is 11.6 Å². The van der Waals surface area contributed by atoms with Gasteiger partial charge in [0.25, 0.3) is 0 Å². The van der Waals surface area contributed by atoms with E-state index in [1.165, 1.54) is 0 Å². The van der Waals surface area contributed by atoms with Crippen molar-refractivity contribution in [3.63, 3.8) is 0 Å². The second-order valence-electron chi connectivity index (χ2n) is 2.54. The molecule has 0 N–H and O–H groups in total. The maximum atomic E-state index is 8.04. The minimum Gasteiger partial charge on any atom is -0.495 e. The summed E-state index contributed by atoms with van der Waals surface area (Å²) >= 11 is 5.84. The standard InChI is InChI=1S/C10H8ClN3O/c1-15-10-7-8(4-5-9(10)11)3-2-6-13-14-12/h4-5,7H,6H2,1H3. The van der Waals surface area contributed by atoms with Gasteiger partial charge in [-0.1, -0.05) is 28.6 Å². The molecule has 0 spiro atoms. The number of nitrogens with zero attached hydrogens (tertiary/aromatic N) is 3. The van der Waals surface area contributed by atoms with Gasteiger partial charge in [0.05, 0.1) is 18.7 Å². The summed E-state index contributed by atoms with van der Waals surface area (Å²) in [6, 6.07) is 5.21. The zero-order valence-electron chi connectivity index (χ0n) is 8.07. The molecule has 0 heterocycles. The average molecular weight is 222 g/mol. The van der Waals surface area contributed by atoms with E-state index in [9.17, 15) is 0 Å². The molecular formula is C10H8ClN3O. The highest BCUT2D eigenvalue weighted by Gasteiger charge is 1.99. The Morgan fingerprint density at radius 3 is 3.07 bits per heavy atom. The molecule has 1 rings (SSSR count). The number of hydrogen-bond acceptors (Lipinski definition) is 2. The number of ether oxygens (including phenoxy) is 1. The summed E-state index contributed by atoms with van der Waals surface area (Å²) in [7, 11) is 1.54. The third kappa shape index (κ3) is 3.43. The summed E-state index contributed by atoms with van der Waals surface area (Å²) in [6.07, 6.45) is 0. The molecule has 1 aromatic carbocycles. The quantitative estimate of drug-likeness (QED) is 0.328. The lowest BCUT2D eigenvalue weighted by atomic mass is 10.2. The fourth-order valence-corrected chi connectivity index (χ4v) is 1.14. The van der Waals surface area contributed by atoms with Gasteiger partial charge < -0.3 is 4.74 Å². The summed E-state index contributed by atoms with van der Waals surface area (Å²) in [6.45, 7) is 0.154. The molecule has 0 bridgehead atoms. The van der Waals surface area contributed by atoms with Gasteiger partial charge >= 0.3 is 0 Å². The highest BCUT2D eigenvalue weighted by molar-refractivity contribution is 6.32. The van der Waals surface area contributed by atoms with Crippen LogP contribution in [0.2, 0.25) is 5.02 Å². The molecule has 15 heavy (non-hydrogen) atoms. The second-order valence-corrected chi connectivity index (χ2v) is 2.95. The maximum absolute atomic E-state index is 8.04. The van der Waals surface area contributed by atoms with Crippen molar-refractivity contribution < 1.29 is 4.74 Å². The molecule has 0 saturated carbocycles. The van der Waals surface area contributed by atoms with E-state index in [1.54, 1.807) is 25.3 Å². The van der Waals surface area contributed by atoms with Crippen molar-refractivity contribution in [3.05, 3.63) is 39.2 Å². The molecule has 5 heteroatoms. The summed E-state index contributed by atoms with van der Waals surface area (Å²) < 4.78 is 5.03. The third-order valence-corrected chi connectivity index (χ3v) is 1.91. The first kappa shape index (κ1) is 11.3. The molecule has 0 aromatic heterocycles. The minimum absolute atomic E-state index is 0.154. The molecule has 0 saturated heterocycles. The molecule has 0 atom stereocenters. The van der Waals surface area contributed by atoms with Gasteiger partial charge in [-0.3, -0.25) is 0 Å². The van der Waals surface area contributed by atoms with Gasteiger partial charge in [0.15, 0.2) is 0 Å². The van der Waals surface area contributed by atoms with Gasteiger partial charge in [0.2, 0.25) is 0 Å². The van der Waals surface area contributed by atoms with Gasteiger partial charge in [-0.15, -0.1) is 0 Å². The van der Waals surface area contributed by atoms with E-state index in [4.69, 9.17) is 21.9 Å². The van der Waals surface area contributed by atoms with Gasteiger partial charge in [-0.05, 0) is 23.7 Å². The number of rotatable bonds is 2. The van der Waals surface area contributed by atoms with Gasteiger partial charge in [-0.25, -0.2) is 0 Å². The number of benzene rings is 1. The van der Waals surface area contributed by atoms with E-state index >= 15 is 0 Å². The predicted molar refractivity (Wildman–Crippen MR) is 58.9 cm³/mol. The number of halogens is 1. The minimum atomic E-state index is 0.154. The van der Waals surface area contributed by atoms with E-state index in [1.807, 2.05) is 0 Å². The van der Waals surface area contributed by atoms with Crippen LogP contribution in [0.25, 0.3) is 10.4 Å². The number of hydrogen-bond donors (Lipinski definition) is 0. The van der Waals surface area contributed by atoms with Crippen LogP contribution in [0.5, 0.6) is 5.75 Å². The van der Waals surface area contributed by atoms with Crippen LogP contribution in [0.3, 0.4) is 0 Å². The fourth-order valence-electron chi connectivity index (χ4n) is 0.946. The molecule has 0 aliphatic heterocycles. The second kappa shape index (κ2) is 5.82. The Balaban J connectivity index is 2.85. The van der Waals surface area contributed by atoms with E-state index in [0.717, 1.165) is 5.56 Å². The van der Waals surface area contributed by atoms with Gasteiger partial charge in [0, 0.05) is 10.5 Å². The lowest BCUT2D eigenvalue weighted by molar-refractivity contribution is 0.415. The maximum Gasteiger partial charge on any atom is 0.138 e. The van der Waals surface area contributed by atoms with Crippen molar-refractivity contribution in [2.75, 3.05) is 13.7 Å². The highest BCUT2D eigenvalue weighted by atomic mass is 35.5. The topological polar surface area (TPSA) is 58.0 Å². The van der Waals surface area contributed by atoms with Crippen molar-refractivity contribution in [1.82, 2.24) is 0 Å². The summed E-state index contributed by atoms with van der Waals surface area (Å²) in [4.78, 5) is 2.59. The summed E-state index contributed by atoms with van der Waals surface area (Å²) in [5.41, 5.74) is 8.80. The Hall–Kier alpha value is -1.82. The Labute approximate surface area is 92.4 Å². The average Bonchev–Trinajstić information content (AvgIpc) is 2.26. The van der Waals surface area contributed by atoms with Crippen molar-refractivity contribution in [1.29, 1.82) is 0 Å². The molecule has 0 aliphatic rings. The highest BCUT2D eigenvalue weighted by Crippen LogP contribution is 2.24. The Kier molecular flexibility index (Phi) is 4.36. The van der Waals surface area contributed by atoms with Crippen molar-refractivity contribution in [2.24, 2.45) is 5.11 Å². The van der Waals surface area contributed by atoms with Gasteiger partial charge in [-0.2, -0.15) is 0 Å². The summed E-state index contributed by atoms with van der Waals surface area (Å²) in [5, 5.41) is 3.84. The van der Waals surface area contributed by atoms with Crippen LogP contribution in [0.1, 0.15) is 5.56 Å². The fraction of sp³-hybridized carbons (Fsp3) is 0.200. The van der Waals surface area contributed by atoms with Crippen LogP contribution in [0.15, 0.2) is 23.3 Å². The lowest BCUT2D eigenvalue weighted by Gasteiger charge is -2.01. The van der Waals surface area contributed by atoms with E-state index in [0.29, 0.717) is 10.8 Å². The molecular weight excluding hydrogens is 214 g/mol. The first-order chi connectivity index (χ1) is 7.27. The molecule has 0 unspecified atom stereocenters. The lowest BCUT2D eigenvalue weighted by Crippen LogP contribution is -1.85. The monoisotopic (exact) mass is 221 g/mol.